The molecule has 0 spiro atoms. The van der Waals surface area contributed by atoms with Gasteiger partial charge in [0, 0.05) is 19.1 Å². The van der Waals surface area contributed by atoms with Crippen LogP contribution >= 0.6 is 0 Å². The molecular formula is C17H29N3O. The first-order valence-electron chi connectivity index (χ1n) is 7.91. The minimum atomic E-state index is 0.101. The standard InChI is InChI=1S/C17H29N3O/c1-3-8-15(2)19-17(21)14-20(12-7-11-18)13-16-9-5-4-6-10-16/h4-6,9-10,15H,3,7-8,11-14,18H2,1-2H3,(H,19,21). The van der Waals surface area contributed by atoms with Gasteiger partial charge in [0.05, 0.1) is 6.54 Å². The van der Waals surface area contributed by atoms with E-state index < -0.39 is 0 Å². The lowest BCUT2D eigenvalue weighted by Crippen LogP contribution is -2.41. The fraction of sp³-hybridized carbons (Fsp3) is 0.588. The van der Waals surface area contributed by atoms with Crippen LogP contribution in [0.4, 0.5) is 0 Å². The lowest BCUT2D eigenvalue weighted by Gasteiger charge is -2.23. The molecule has 1 rings (SSSR count). The molecule has 0 heterocycles. The second kappa shape index (κ2) is 10.4. The summed E-state index contributed by atoms with van der Waals surface area (Å²) in [6.45, 7) is 6.91. The number of amides is 1. The van der Waals surface area contributed by atoms with E-state index in [1.54, 1.807) is 0 Å². The number of carbonyl (C=O) groups is 1. The smallest absolute Gasteiger partial charge is 0.234 e. The van der Waals surface area contributed by atoms with Gasteiger partial charge in [0.1, 0.15) is 0 Å². The van der Waals surface area contributed by atoms with E-state index in [-0.39, 0.29) is 11.9 Å². The van der Waals surface area contributed by atoms with E-state index in [2.05, 4.69) is 36.2 Å². The van der Waals surface area contributed by atoms with Crippen LogP contribution in [-0.4, -0.2) is 36.5 Å². The molecule has 1 amide bonds. The zero-order valence-corrected chi connectivity index (χ0v) is 13.3. The Kier molecular flexibility index (Phi) is 8.71. The zero-order chi connectivity index (χ0) is 15.5. The Morgan fingerprint density at radius 1 is 1.33 bits per heavy atom. The summed E-state index contributed by atoms with van der Waals surface area (Å²) in [6.07, 6.45) is 3.01. The highest BCUT2D eigenvalue weighted by Crippen LogP contribution is 2.05. The van der Waals surface area contributed by atoms with Gasteiger partial charge in [-0.25, -0.2) is 0 Å². The van der Waals surface area contributed by atoms with Crippen molar-refractivity contribution >= 4 is 5.91 Å². The summed E-state index contributed by atoms with van der Waals surface area (Å²) >= 11 is 0. The minimum absolute atomic E-state index is 0.101. The molecule has 1 atom stereocenters. The summed E-state index contributed by atoms with van der Waals surface area (Å²) in [5.41, 5.74) is 6.82. The predicted octanol–water partition coefficient (Wildman–Crippen LogP) is 2.14. The zero-order valence-electron chi connectivity index (χ0n) is 13.3. The fourth-order valence-corrected chi connectivity index (χ4v) is 2.40. The molecule has 1 aromatic carbocycles. The van der Waals surface area contributed by atoms with E-state index in [9.17, 15) is 4.79 Å². The van der Waals surface area contributed by atoms with Crippen molar-refractivity contribution in [2.24, 2.45) is 5.73 Å². The van der Waals surface area contributed by atoms with Crippen LogP contribution in [0.25, 0.3) is 0 Å². The van der Waals surface area contributed by atoms with Gasteiger partial charge in [0.15, 0.2) is 0 Å². The van der Waals surface area contributed by atoms with Crippen molar-refractivity contribution in [1.82, 2.24) is 10.2 Å². The summed E-state index contributed by atoms with van der Waals surface area (Å²) in [7, 11) is 0. The molecule has 4 heteroatoms. The van der Waals surface area contributed by atoms with Crippen LogP contribution in [0, 0.1) is 0 Å². The maximum atomic E-state index is 12.1. The largest absolute Gasteiger partial charge is 0.353 e. The highest BCUT2D eigenvalue weighted by Gasteiger charge is 2.12. The Bertz CT molecular complexity index is 394. The van der Waals surface area contributed by atoms with Crippen LogP contribution in [0.3, 0.4) is 0 Å². The number of hydrogen-bond donors (Lipinski definition) is 2. The molecule has 0 bridgehead atoms. The average Bonchev–Trinajstić information content (AvgIpc) is 2.46. The lowest BCUT2D eigenvalue weighted by molar-refractivity contribution is -0.123. The molecule has 3 N–H and O–H groups in total. The normalized spacial score (nSPS) is 12.4. The van der Waals surface area contributed by atoms with E-state index >= 15 is 0 Å². The molecule has 1 aromatic rings. The third kappa shape index (κ3) is 7.83. The second-order valence-electron chi connectivity index (χ2n) is 5.60. The van der Waals surface area contributed by atoms with Gasteiger partial charge in [0.25, 0.3) is 0 Å². The maximum Gasteiger partial charge on any atom is 0.234 e. The Hall–Kier alpha value is -1.39. The molecule has 118 valence electrons. The van der Waals surface area contributed by atoms with Crippen molar-refractivity contribution in [1.29, 1.82) is 0 Å². The Morgan fingerprint density at radius 3 is 2.67 bits per heavy atom. The van der Waals surface area contributed by atoms with Crippen LogP contribution in [0.1, 0.15) is 38.7 Å². The van der Waals surface area contributed by atoms with Gasteiger partial charge in [-0.1, -0.05) is 43.7 Å². The minimum Gasteiger partial charge on any atom is -0.353 e. The van der Waals surface area contributed by atoms with Gasteiger partial charge < -0.3 is 11.1 Å². The quantitative estimate of drug-likeness (QED) is 0.694. The van der Waals surface area contributed by atoms with Crippen LogP contribution in [0.5, 0.6) is 0 Å². The van der Waals surface area contributed by atoms with Crippen molar-refractivity contribution in [3.8, 4) is 0 Å². The highest BCUT2D eigenvalue weighted by molar-refractivity contribution is 5.78. The summed E-state index contributed by atoms with van der Waals surface area (Å²) in [4.78, 5) is 14.3. The van der Waals surface area contributed by atoms with Gasteiger partial charge in [-0.15, -0.1) is 0 Å². The molecule has 0 saturated carbocycles. The summed E-state index contributed by atoms with van der Waals surface area (Å²) in [6, 6.07) is 10.5. The molecule has 21 heavy (non-hydrogen) atoms. The van der Waals surface area contributed by atoms with Crippen molar-refractivity contribution in [3.63, 3.8) is 0 Å². The van der Waals surface area contributed by atoms with Gasteiger partial charge in [-0.05, 0) is 31.9 Å². The number of nitrogens with two attached hydrogens (primary N) is 1. The van der Waals surface area contributed by atoms with Crippen molar-refractivity contribution in [2.75, 3.05) is 19.6 Å². The first kappa shape index (κ1) is 17.7. The molecule has 0 aliphatic rings. The highest BCUT2D eigenvalue weighted by atomic mass is 16.2. The summed E-state index contributed by atoms with van der Waals surface area (Å²) < 4.78 is 0. The number of nitrogens with one attached hydrogen (secondary N) is 1. The lowest BCUT2D eigenvalue weighted by atomic mass is 10.2. The van der Waals surface area contributed by atoms with Crippen molar-refractivity contribution < 1.29 is 4.79 Å². The molecule has 0 aliphatic heterocycles. The molecule has 0 aliphatic carbocycles. The first-order valence-corrected chi connectivity index (χ1v) is 7.91. The molecule has 4 nitrogen and oxygen atoms in total. The SMILES string of the molecule is CCCC(C)NC(=O)CN(CCCN)Cc1ccccc1. The monoisotopic (exact) mass is 291 g/mol. The van der Waals surface area contributed by atoms with Gasteiger partial charge in [-0.3, -0.25) is 9.69 Å². The van der Waals surface area contributed by atoms with Crippen LogP contribution in [0.15, 0.2) is 30.3 Å². The third-order valence-corrected chi connectivity index (χ3v) is 3.42. The summed E-state index contributed by atoms with van der Waals surface area (Å²) in [5.74, 6) is 0.101. The first-order chi connectivity index (χ1) is 10.2. The van der Waals surface area contributed by atoms with E-state index in [0.717, 1.165) is 32.4 Å². The van der Waals surface area contributed by atoms with Crippen LogP contribution < -0.4 is 11.1 Å². The molecule has 1 unspecified atom stereocenters. The van der Waals surface area contributed by atoms with Gasteiger partial charge in [-0.2, -0.15) is 0 Å². The number of rotatable bonds is 10. The topological polar surface area (TPSA) is 58.4 Å². The number of hydrogen-bond acceptors (Lipinski definition) is 3. The average molecular weight is 291 g/mol. The van der Waals surface area contributed by atoms with Crippen LogP contribution in [-0.2, 0) is 11.3 Å². The maximum absolute atomic E-state index is 12.1. The Balaban J connectivity index is 2.50. The second-order valence-corrected chi connectivity index (χ2v) is 5.60. The molecule has 0 aromatic heterocycles. The van der Waals surface area contributed by atoms with Gasteiger partial charge in [0.2, 0.25) is 5.91 Å². The molecular weight excluding hydrogens is 262 g/mol. The number of carbonyl (C=O) groups excluding carboxylic acids is 1. The molecule has 0 fully saturated rings. The van der Waals surface area contributed by atoms with E-state index in [0.29, 0.717) is 13.1 Å². The van der Waals surface area contributed by atoms with E-state index in [4.69, 9.17) is 5.73 Å². The molecule has 0 saturated heterocycles. The fourth-order valence-electron chi connectivity index (χ4n) is 2.40. The van der Waals surface area contributed by atoms with Crippen LogP contribution in [0.2, 0.25) is 0 Å². The van der Waals surface area contributed by atoms with Crippen molar-refractivity contribution in [2.45, 2.75) is 45.7 Å². The summed E-state index contributed by atoms with van der Waals surface area (Å²) in [5, 5.41) is 3.06. The third-order valence-electron chi connectivity index (χ3n) is 3.42. The predicted molar refractivity (Wildman–Crippen MR) is 87.9 cm³/mol. The Morgan fingerprint density at radius 2 is 2.05 bits per heavy atom. The van der Waals surface area contributed by atoms with Gasteiger partial charge >= 0.3 is 0 Å². The van der Waals surface area contributed by atoms with E-state index in [1.165, 1.54) is 5.56 Å². The van der Waals surface area contributed by atoms with E-state index in [1.807, 2.05) is 18.2 Å². The Labute approximate surface area is 128 Å². The number of benzene rings is 1. The van der Waals surface area contributed by atoms with Crippen molar-refractivity contribution in [3.05, 3.63) is 35.9 Å². The number of nitrogens with zero attached hydrogens (tertiary/aromatic N) is 1. The molecule has 0 radical (unpaired) electrons.